The maximum Gasteiger partial charge on any atom is 0.254 e. The molecule has 0 bridgehead atoms. The molecular formula is C19H16N4O2S. The summed E-state index contributed by atoms with van der Waals surface area (Å²) in [5, 5.41) is 8.34. The molecule has 1 aromatic heterocycles. The molecule has 2 aromatic carbocycles. The lowest BCUT2D eigenvalue weighted by Gasteiger charge is -2.14. The van der Waals surface area contributed by atoms with Crippen molar-refractivity contribution >= 4 is 39.7 Å². The van der Waals surface area contributed by atoms with E-state index >= 15 is 0 Å². The van der Waals surface area contributed by atoms with Crippen LogP contribution in [0.2, 0.25) is 0 Å². The SMILES string of the molecule is O=C(CN1Cc2cc(Nc3ccccc3)ccc2C1=O)Nc1nccs1. The van der Waals surface area contributed by atoms with Crippen LogP contribution in [0.1, 0.15) is 15.9 Å². The van der Waals surface area contributed by atoms with Crippen molar-refractivity contribution in [2.24, 2.45) is 0 Å². The summed E-state index contributed by atoms with van der Waals surface area (Å²) in [6.07, 6.45) is 1.62. The number of carbonyl (C=O) groups is 2. The van der Waals surface area contributed by atoms with Crippen LogP contribution in [0.4, 0.5) is 16.5 Å². The van der Waals surface area contributed by atoms with Crippen LogP contribution in [-0.4, -0.2) is 28.2 Å². The molecule has 0 saturated carbocycles. The molecular weight excluding hydrogens is 348 g/mol. The first kappa shape index (κ1) is 16.3. The summed E-state index contributed by atoms with van der Waals surface area (Å²) < 4.78 is 0. The Morgan fingerprint density at radius 2 is 2.00 bits per heavy atom. The Balaban J connectivity index is 1.44. The first-order valence-electron chi connectivity index (χ1n) is 8.13. The molecule has 0 atom stereocenters. The number of benzene rings is 2. The van der Waals surface area contributed by atoms with Crippen molar-refractivity contribution in [3.63, 3.8) is 0 Å². The number of fused-ring (bicyclic) bond motifs is 1. The zero-order valence-electron chi connectivity index (χ0n) is 13.8. The Bertz CT molecular complexity index is 941. The van der Waals surface area contributed by atoms with Gasteiger partial charge >= 0.3 is 0 Å². The fourth-order valence-electron chi connectivity index (χ4n) is 2.89. The van der Waals surface area contributed by atoms with Gasteiger partial charge in [0.2, 0.25) is 5.91 Å². The van der Waals surface area contributed by atoms with Gasteiger partial charge in [0.05, 0.1) is 0 Å². The number of hydrogen-bond donors (Lipinski definition) is 2. The molecule has 0 saturated heterocycles. The number of hydrogen-bond acceptors (Lipinski definition) is 5. The van der Waals surface area contributed by atoms with Crippen LogP contribution in [0, 0.1) is 0 Å². The van der Waals surface area contributed by atoms with Crippen LogP contribution in [0.3, 0.4) is 0 Å². The fraction of sp³-hybridized carbons (Fsp3) is 0.105. The highest BCUT2D eigenvalue weighted by Gasteiger charge is 2.29. The molecule has 6 nitrogen and oxygen atoms in total. The van der Waals surface area contributed by atoms with E-state index in [1.165, 1.54) is 11.3 Å². The Kier molecular flexibility index (Phi) is 4.37. The van der Waals surface area contributed by atoms with Crippen LogP contribution in [0.25, 0.3) is 0 Å². The zero-order valence-corrected chi connectivity index (χ0v) is 14.6. The topological polar surface area (TPSA) is 74.3 Å². The van der Waals surface area contributed by atoms with E-state index in [4.69, 9.17) is 0 Å². The van der Waals surface area contributed by atoms with Gasteiger partial charge in [-0.05, 0) is 35.9 Å². The van der Waals surface area contributed by atoms with E-state index in [0.717, 1.165) is 16.9 Å². The average Bonchev–Trinajstić information content (AvgIpc) is 3.24. The first-order valence-corrected chi connectivity index (χ1v) is 9.00. The molecule has 0 aliphatic carbocycles. The van der Waals surface area contributed by atoms with Gasteiger partial charge < -0.3 is 15.5 Å². The summed E-state index contributed by atoms with van der Waals surface area (Å²) in [6, 6.07) is 15.5. The highest BCUT2D eigenvalue weighted by atomic mass is 32.1. The molecule has 4 rings (SSSR count). The fourth-order valence-corrected chi connectivity index (χ4v) is 3.44. The molecule has 2 amide bonds. The Hall–Kier alpha value is -3.19. The van der Waals surface area contributed by atoms with Crippen molar-refractivity contribution in [2.45, 2.75) is 6.54 Å². The molecule has 2 heterocycles. The number of amides is 2. The van der Waals surface area contributed by atoms with Crippen molar-refractivity contribution in [3.8, 4) is 0 Å². The normalized spacial score (nSPS) is 12.8. The lowest BCUT2D eigenvalue weighted by Crippen LogP contribution is -2.33. The molecule has 0 radical (unpaired) electrons. The minimum atomic E-state index is -0.247. The number of para-hydroxylation sites is 1. The largest absolute Gasteiger partial charge is 0.356 e. The molecule has 0 spiro atoms. The summed E-state index contributed by atoms with van der Waals surface area (Å²) in [4.78, 5) is 30.2. The van der Waals surface area contributed by atoms with Gasteiger partial charge in [0.15, 0.2) is 5.13 Å². The van der Waals surface area contributed by atoms with Gasteiger partial charge in [0, 0.05) is 35.1 Å². The van der Waals surface area contributed by atoms with Gasteiger partial charge in [-0.15, -0.1) is 11.3 Å². The summed E-state index contributed by atoms with van der Waals surface area (Å²) in [5.41, 5.74) is 3.46. The van der Waals surface area contributed by atoms with Crippen LogP contribution in [0.5, 0.6) is 0 Å². The predicted molar refractivity (Wildman–Crippen MR) is 102 cm³/mol. The predicted octanol–water partition coefficient (Wildman–Crippen LogP) is 3.48. The minimum Gasteiger partial charge on any atom is -0.356 e. The van der Waals surface area contributed by atoms with E-state index in [2.05, 4.69) is 15.6 Å². The van der Waals surface area contributed by atoms with Crippen LogP contribution < -0.4 is 10.6 Å². The van der Waals surface area contributed by atoms with Crippen molar-refractivity contribution in [3.05, 3.63) is 71.2 Å². The van der Waals surface area contributed by atoms with Crippen LogP contribution in [0.15, 0.2) is 60.1 Å². The Morgan fingerprint density at radius 3 is 2.77 bits per heavy atom. The smallest absolute Gasteiger partial charge is 0.254 e. The minimum absolute atomic E-state index is 0.00847. The Labute approximate surface area is 154 Å². The quantitative estimate of drug-likeness (QED) is 0.727. The van der Waals surface area contributed by atoms with Gasteiger partial charge in [0.25, 0.3) is 5.91 Å². The number of anilines is 3. The second-order valence-corrected chi connectivity index (χ2v) is 6.80. The lowest BCUT2D eigenvalue weighted by molar-refractivity contribution is -0.116. The third-order valence-corrected chi connectivity index (χ3v) is 4.75. The third kappa shape index (κ3) is 3.43. The average molecular weight is 364 g/mol. The maximum atomic E-state index is 12.5. The molecule has 0 unspecified atom stereocenters. The van der Waals surface area contributed by atoms with Crippen molar-refractivity contribution < 1.29 is 9.59 Å². The number of nitrogens with zero attached hydrogens (tertiary/aromatic N) is 2. The van der Waals surface area contributed by atoms with E-state index in [1.54, 1.807) is 16.5 Å². The molecule has 26 heavy (non-hydrogen) atoms. The van der Waals surface area contributed by atoms with Crippen molar-refractivity contribution in [1.82, 2.24) is 9.88 Å². The molecule has 130 valence electrons. The monoisotopic (exact) mass is 364 g/mol. The summed E-state index contributed by atoms with van der Waals surface area (Å²) in [6.45, 7) is 0.429. The van der Waals surface area contributed by atoms with E-state index in [0.29, 0.717) is 17.2 Å². The second kappa shape index (κ2) is 6.97. The van der Waals surface area contributed by atoms with E-state index in [-0.39, 0.29) is 18.4 Å². The van der Waals surface area contributed by atoms with Crippen molar-refractivity contribution in [1.29, 1.82) is 0 Å². The number of aromatic nitrogens is 1. The van der Waals surface area contributed by atoms with Gasteiger partial charge in [-0.2, -0.15) is 0 Å². The number of thiazole rings is 1. The van der Waals surface area contributed by atoms with Crippen LogP contribution >= 0.6 is 11.3 Å². The van der Waals surface area contributed by atoms with Gasteiger partial charge in [-0.1, -0.05) is 18.2 Å². The summed E-state index contributed by atoms with van der Waals surface area (Å²) in [5.74, 6) is -0.371. The van der Waals surface area contributed by atoms with Gasteiger partial charge in [-0.25, -0.2) is 4.98 Å². The first-order chi connectivity index (χ1) is 12.7. The molecule has 1 aliphatic heterocycles. The molecule has 7 heteroatoms. The number of nitrogens with one attached hydrogen (secondary N) is 2. The highest BCUT2D eigenvalue weighted by molar-refractivity contribution is 7.13. The van der Waals surface area contributed by atoms with Crippen molar-refractivity contribution in [2.75, 3.05) is 17.2 Å². The lowest BCUT2D eigenvalue weighted by atomic mass is 10.1. The molecule has 0 fully saturated rings. The van der Waals surface area contributed by atoms with E-state index in [9.17, 15) is 9.59 Å². The third-order valence-electron chi connectivity index (χ3n) is 4.06. The zero-order chi connectivity index (χ0) is 17.9. The van der Waals surface area contributed by atoms with E-state index in [1.807, 2.05) is 48.5 Å². The van der Waals surface area contributed by atoms with E-state index < -0.39 is 0 Å². The maximum absolute atomic E-state index is 12.5. The highest BCUT2D eigenvalue weighted by Crippen LogP contribution is 2.27. The molecule has 3 aromatic rings. The van der Waals surface area contributed by atoms with Gasteiger partial charge in [0.1, 0.15) is 6.54 Å². The summed E-state index contributed by atoms with van der Waals surface area (Å²) in [7, 11) is 0. The summed E-state index contributed by atoms with van der Waals surface area (Å²) >= 11 is 1.35. The Morgan fingerprint density at radius 1 is 1.15 bits per heavy atom. The molecule has 2 N–H and O–H groups in total. The molecule has 1 aliphatic rings. The number of rotatable bonds is 5. The number of carbonyl (C=O) groups excluding carboxylic acids is 2. The van der Waals surface area contributed by atoms with Gasteiger partial charge in [-0.3, -0.25) is 9.59 Å². The van der Waals surface area contributed by atoms with Crippen LogP contribution in [-0.2, 0) is 11.3 Å². The second-order valence-electron chi connectivity index (χ2n) is 5.91. The standard InChI is InChI=1S/C19H16N4O2S/c24-17(22-19-20-8-9-26-19)12-23-11-13-10-15(6-7-16(13)18(23)25)21-14-4-2-1-3-5-14/h1-10,21H,11-12H2,(H,20,22,24).